The van der Waals surface area contributed by atoms with Gasteiger partial charge in [0.2, 0.25) is 5.88 Å². The molecule has 1 rings (SSSR count). The van der Waals surface area contributed by atoms with Gasteiger partial charge < -0.3 is 10.1 Å². The van der Waals surface area contributed by atoms with Crippen LogP contribution in [-0.2, 0) is 6.54 Å². The highest BCUT2D eigenvalue weighted by Gasteiger charge is 2.26. The molecule has 0 bridgehead atoms. The molecule has 20 heavy (non-hydrogen) atoms. The van der Waals surface area contributed by atoms with E-state index in [2.05, 4.69) is 15.3 Å². The van der Waals surface area contributed by atoms with Gasteiger partial charge in [0.1, 0.15) is 0 Å². The summed E-state index contributed by atoms with van der Waals surface area (Å²) in [7, 11) is 0. The summed E-state index contributed by atoms with van der Waals surface area (Å²) >= 11 is 0. The number of hydrogen-bond donors (Lipinski definition) is 1. The normalized spacial score (nSPS) is 12.5. The third kappa shape index (κ3) is 7.93. The highest BCUT2D eigenvalue weighted by molar-refractivity contribution is 5.08. The highest BCUT2D eigenvalue weighted by atomic mass is 19.4. The van der Waals surface area contributed by atoms with E-state index in [1.54, 1.807) is 6.20 Å². The summed E-state index contributed by atoms with van der Waals surface area (Å²) in [4.78, 5) is 8.14. The minimum absolute atomic E-state index is 0.0235. The van der Waals surface area contributed by atoms with E-state index >= 15 is 0 Å². The van der Waals surface area contributed by atoms with Crippen LogP contribution in [0.2, 0.25) is 0 Å². The fourth-order valence-electron chi connectivity index (χ4n) is 1.35. The zero-order valence-corrected chi connectivity index (χ0v) is 11.9. The Kier molecular flexibility index (Phi) is 5.74. The van der Waals surface area contributed by atoms with Crippen LogP contribution in [0.1, 0.15) is 39.3 Å². The van der Waals surface area contributed by atoms with E-state index in [-0.39, 0.29) is 24.4 Å². The molecule has 0 fully saturated rings. The average molecular weight is 291 g/mol. The van der Waals surface area contributed by atoms with Crippen LogP contribution in [0.5, 0.6) is 5.88 Å². The maximum Gasteiger partial charge on any atom is 0.389 e. The molecular weight excluding hydrogens is 271 g/mol. The van der Waals surface area contributed by atoms with Crippen LogP contribution in [0, 0.1) is 0 Å². The van der Waals surface area contributed by atoms with Gasteiger partial charge in [0.05, 0.1) is 18.5 Å². The Hall–Kier alpha value is -1.37. The second-order valence-corrected chi connectivity index (χ2v) is 5.52. The lowest BCUT2D eigenvalue weighted by Gasteiger charge is -2.20. The Balaban J connectivity index is 2.40. The first-order valence-electron chi connectivity index (χ1n) is 6.41. The predicted molar refractivity (Wildman–Crippen MR) is 69.4 cm³/mol. The number of ether oxygens (including phenoxy) is 1. The zero-order chi connectivity index (χ0) is 15.2. The van der Waals surface area contributed by atoms with E-state index in [9.17, 15) is 13.2 Å². The molecule has 1 heterocycles. The fourth-order valence-corrected chi connectivity index (χ4v) is 1.35. The standard InChI is InChI=1S/C13H20F3N3O/c1-12(2,3)18-8-10-7-17-9-11(19-10)20-6-4-5-13(14,15)16/h7,9,18H,4-6,8H2,1-3H3. The molecule has 114 valence electrons. The fraction of sp³-hybridized carbons (Fsp3) is 0.692. The molecule has 1 aromatic heterocycles. The van der Waals surface area contributed by atoms with Crippen LogP contribution in [0.4, 0.5) is 13.2 Å². The first kappa shape index (κ1) is 16.7. The second kappa shape index (κ2) is 6.88. The predicted octanol–water partition coefficient (Wildman–Crippen LogP) is 3.09. The molecule has 0 atom stereocenters. The van der Waals surface area contributed by atoms with Crippen LogP contribution in [0.3, 0.4) is 0 Å². The molecular formula is C13H20F3N3O. The molecule has 4 nitrogen and oxygen atoms in total. The van der Waals surface area contributed by atoms with E-state index in [1.165, 1.54) is 6.20 Å². The number of alkyl halides is 3. The van der Waals surface area contributed by atoms with E-state index in [0.717, 1.165) is 0 Å². The van der Waals surface area contributed by atoms with Gasteiger partial charge in [-0.15, -0.1) is 0 Å². The number of aromatic nitrogens is 2. The Labute approximate surface area is 116 Å². The van der Waals surface area contributed by atoms with Gasteiger partial charge in [-0.3, -0.25) is 4.98 Å². The molecule has 1 aromatic rings. The number of nitrogens with one attached hydrogen (secondary N) is 1. The van der Waals surface area contributed by atoms with Gasteiger partial charge in [-0.05, 0) is 27.2 Å². The molecule has 0 aliphatic carbocycles. The molecule has 0 saturated carbocycles. The van der Waals surface area contributed by atoms with Crippen LogP contribution in [-0.4, -0.2) is 28.3 Å². The Morgan fingerprint density at radius 3 is 2.50 bits per heavy atom. The summed E-state index contributed by atoms with van der Waals surface area (Å²) in [6, 6.07) is 0. The quantitative estimate of drug-likeness (QED) is 0.818. The van der Waals surface area contributed by atoms with Crippen molar-refractivity contribution in [1.82, 2.24) is 15.3 Å². The van der Waals surface area contributed by atoms with Gasteiger partial charge >= 0.3 is 6.18 Å². The van der Waals surface area contributed by atoms with Crippen molar-refractivity contribution < 1.29 is 17.9 Å². The molecule has 0 saturated heterocycles. The third-order valence-electron chi connectivity index (χ3n) is 2.32. The molecule has 0 aliphatic heterocycles. The monoisotopic (exact) mass is 291 g/mol. The van der Waals surface area contributed by atoms with Gasteiger partial charge in [-0.2, -0.15) is 13.2 Å². The summed E-state index contributed by atoms with van der Waals surface area (Å²) in [5.74, 6) is 0.250. The molecule has 0 aromatic carbocycles. The SMILES string of the molecule is CC(C)(C)NCc1cncc(OCCCC(F)(F)F)n1. The first-order valence-corrected chi connectivity index (χ1v) is 6.41. The van der Waals surface area contributed by atoms with Crippen molar-refractivity contribution >= 4 is 0 Å². The topological polar surface area (TPSA) is 47.0 Å². The van der Waals surface area contributed by atoms with Gasteiger partial charge in [-0.25, -0.2) is 4.98 Å². The Morgan fingerprint density at radius 2 is 1.90 bits per heavy atom. The maximum absolute atomic E-state index is 12.0. The summed E-state index contributed by atoms with van der Waals surface area (Å²) in [5.41, 5.74) is 0.638. The first-order chi connectivity index (χ1) is 9.16. The summed E-state index contributed by atoms with van der Waals surface area (Å²) < 4.78 is 41.1. The molecule has 7 heteroatoms. The molecule has 1 N–H and O–H groups in total. The van der Waals surface area contributed by atoms with Crippen LogP contribution in [0.15, 0.2) is 12.4 Å². The van der Waals surface area contributed by atoms with Gasteiger partial charge in [-0.1, -0.05) is 0 Å². The van der Waals surface area contributed by atoms with Gasteiger partial charge in [0, 0.05) is 24.7 Å². The Bertz CT molecular complexity index is 416. The van der Waals surface area contributed by atoms with Crippen molar-refractivity contribution in [2.75, 3.05) is 6.61 Å². The number of hydrogen-bond acceptors (Lipinski definition) is 4. The minimum Gasteiger partial charge on any atom is -0.477 e. The largest absolute Gasteiger partial charge is 0.477 e. The van der Waals surface area contributed by atoms with E-state index in [0.29, 0.717) is 12.2 Å². The molecule has 0 amide bonds. The van der Waals surface area contributed by atoms with Gasteiger partial charge in [0.25, 0.3) is 0 Å². The van der Waals surface area contributed by atoms with E-state index in [4.69, 9.17) is 4.74 Å². The van der Waals surface area contributed by atoms with Crippen LogP contribution in [0.25, 0.3) is 0 Å². The van der Waals surface area contributed by atoms with E-state index in [1.807, 2.05) is 20.8 Å². The number of rotatable bonds is 6. The van der Waals surface area contributed by atoms with Crippen molar-refractivity contribution in [2.45, 2.75) is 51.9 Å². The van der Waals surface area contributed by atoms with Crippen LogP contribution < -0.4 is 10.1 Å². The van der Waals surface area contributed by atoms with Gasteiger partial charge in [0.15, 0.2) is 0 Å². The molecule has 0 unspecified atom stereocenters. The lowest BCUT2D eigenvalue weighted by Crippen LogP contribution is -2.35. The van der Waals surface area contributed by atoms with Crippen molar-refractivity contribution in [2.24, 2.45) is 0 Å². The Morgan fingerprint density at radius 1 is 1.20 bits per heavy atom. The smallest absolute Gasteiger partial charge is 0.389 e. The molecule has 0 spiro atoms. The summed E-state index contributed by atoms with van der Waals surface area (Å²) in [6.07, 6.45) is -2.09. The average Bonchev–Trinajstić information content (AvgIpc) is 2.31. The second-order valence-electron chi connectivity index (χ2n) is 5.52. The minimum atomic E-state index is -4.15. The molecule has 0 aliphatic rings. The molecule has 0 radical (unpaired) electrons. The highest BCUT2D eigenvalue weighted by Crippen LogP contribution is 2.21. The van der Waals surface area contributed by atoms with Crippen molar-refractivity contribution in [3.8, 4) is 5.88 Å². The summed E-state index contributed by atoms with van der Waals surface area (Å²) in [6.45, 7) is 6.58. The lowest BCUT2D eigenvalue weighted by molar-refractivity contribution is -0.136. The van der Waals surface area contributed by atoms with Crippen molar-refractivity contribution in [3.63, 3.8) is 0 Å². The third-order valence-corrected chi connectivity index (χ3v) is 2.32. The lowest BCUT2D eigenvalue weighted by atomic mass is 10.1. The maximum atomic E-state index is 12.0. The van der Waals surface area contributed by atoms with Crippen LogP contribution >= 0.6 is 0 Å². The van der Waals surface area contributed by atoms with Crippen molar-refractivity contribution in [3.05, 3.63) is 18.1 Å². The van der Waals surface area contributed by atoms with E-state index < -0.39 is 12.6 Å². The zero-order valence-electron chi connectivity index (χ0n) is 11.9. The number of nitrogens with zero attached hydrogens (tertiary/aromatic N) is 2. The summed E-state index contributed by atoms with van der Waals surface area (Å²) in [5, 5.41) is 3.25. The van der Waals surface area contributed by atoms with Crippen molar-refractivity contribution in [1.29, 1.82) is 0 Å². The number of halogens is 3.